The number of hydrogen-bond acceptors (Lipinski definition) is 2. The van der Waals surface area contributed by atoms with E-state index in [2.05, 4.69) is 5.32 Å². The second-order valence-electron chi connectivity index (χ2n) is 3.79. The number of rotatable bonds is 2. The molecule has 0 aromatic heterocycles. The van der Waals surface area contributed by atoms with E-state index in [0.29, 0.717) is 19.5 Å². The van der Waals surface area contributed by atoms with Gasteiger partial charge in [0.05, 0.1) is 0 Å². The Morgan fingerprint density at radius 1 is 1.47 bits per heavy atom. The smallest absolute Gasteiger partial charge is 0.315 e. The van der Waals surface area contributed by atoms with Gasteiger partial charge >= 0.3 is 5.97 Å². The molecular formula is C11H12FNO2. The van der Waals surface area contributed by atoms with Crippen LogP contribution in [0.4, 0.5) is 4.39 Å². The Morgan fingerprint density at radius 3 is 2.73 bits per heavy atom. The highest BCUT2D eigenvalue weighted by Crippen LogP contribution is 2.32. The zero-order valence-corrected chi connectivity index (χ0v) is 8.16. The Bertz CT molecular complexity index is 386. The molecular weight excluding hydrogens is 197 g/mol. The highest BCUT2D eigenvalue weighted by molar-refractivity contribution is 5.82. The predicted molar refractivity (Wildman–Crippen MR) is 53.2 cm³/mol. The van der Waals surface area contributed by atoms with Gasteiger partial charge in [0, 0.05) is 12.1 Å². The average Bonchev–Trinajstić information content (AvgIpc) is 2.68. The number of halogens is 1. The van der Waals surface area contributed by atoms with E-state index in [0.717, 1.165) is 0 Å². The van der Waals surface area contributed by atoms with E-state index in [9.17, 15) is 14.3 Å². The van der Waals surface area contributed by atoms with E-state index in [1.807, 2.05) is 0 Å². The lowest BCUT2D eigenvalue weighted by Crippen LogP contribution is -2.38. The maximum Gasteiger partial charge on any atom is 0.315 e. The Morgan fingerprint density at radius 2 is 2.20 bits per heavy atom. The molecule has 1 saturated heterocycles. The van der Waals surface area contributed by atoms with E-state index >= 15 is 0 Å². The van der Waals surface area contributed by atoms with Gasteiger partial charge in [0.15, 0.2) is 0 Å². The quantitative estimate of drug-likeness (QED) is 0.768. The first-order valence-electron chi connectivity index (χ1n) is 4.86. The minimum atomic E-state index is -1.09. The normalized spacial score (nSPS) is 25.4. The van der Waals surface area contributed by atoms with Crippen molar-refractivity contribution in [3.8, 4) is 0 Å². The summed E-state index contributed by atoms with van der Waals surface area (Å²) in [5.74, 6) is -1.40. The fraction of sp³-hybridized carbons (Fsp3) is 0.364. The highest BCUT2D eigenvalue weighted by atomic mass is 19.1. The van der Waals surface area contributed by atoms with Crippen LogP contribution in [0, 0.1) is 5.82 Å². The van der Waals surface area contributed by atoms with Gasteiger partial charge in [0.1, 0.15) is 11.2 Å². The molecule has 2 rings (SSSR count). The van der Waals surface area contributed by atoms with Crippen LogP contribution in [0.1, 0.15) is 12.0 Å². The monoisotopic (exact) mass is 209 g/mol. The molecule has 1 atom stereocenters. The molecule has 4 heteroatoms. The van der Waals surface area contributed by atoms with E-state index in [-0.39, 0.29) is 5.56 Å². The van der Waals surface area contributed by atoms with Gasteiger partial charge in [-0.1, -0.05) is 18.2 Å². The summed E-state index contributed by atoms with van der Waals surface area (Å²) in [7, 11) is 0. The molecule has 1 heterocycles. The second kappa shape index (κ2) is 3.62. The minimum absolute atomic E-state index is 0.280. The summed E-state index contributed by atoms with van der Waals surface area (Å²) in [5.41, 5.74) is -0.812. The number of carboxylic acid groups (broad SMARTS) is 1. The Balaban J connectivity index is 2.50. The lowest BCUT2D eigenvalue weighted by molar-refractivity contribution is -0.143. The van der Waals surface area contributed by atoms with Crippen LogP contribution in [0.5, 0.6) is 0 Å². The van der Waals surface area contributed by atoms with Crippen molar-refractivity contribution in [3.63, 3.8) is 0 Å². The van der Waals surface area contributed by atoms with Gasteiger partial charge in [-0.05, 0) is 19.0 Å². The molecule has 0 amide bonds. The number of nitrogens with one attached hydrogen (secondary N) is 1. The largest absolute Gasteiger partial charge is 0.481 e. The van der Waals surface area contributed by atoms with Gasteiger partial charge in [0.2, 0.25) is 0 Å². The number of carboxylic acids is 1. The van der Waals surface area contributed by atoms with Gasteiger partial charge < -0.3 is 10.4 Å². The van der Waals surface area contributed by atoms with Crippen LogP contribution in [0.15, 0.2) is 24.3 Å². The molecule has 2 N–H and O–H groups in total. The van der Waals surface area contributed by atoms with Gasteiger partial charge in [0.25, 0.3) is 0 Å². The molecule has 1 fully saturated rings. The average molecular weight is 209 g/mol. The number of aliphatic carboxylic acids is 1. The van der Waals surface area contributed by atoms with E-state index in [1.54, 1.807) is 18.2 Å². The first kappa shape index (κ1) is 10.1. The lowest BCUT2D eigenvalue weighted by atomic mass is 9.79. The van der Waals surface area contributed by atoms with Crippen molar-refractivity contribution in [1.29, 1.82) is 0 Å². The van der Waals surface area contributed by atoms with Crippen molar-refractivity contribution in [1.82, 2.24) is 5.32 Å². The summed E-state index contributed by atoms with van der Waals surface area (Å²) in [6.07, 6.45) is 0.434. The minimum Gasteiger partial charge on any atom is -0.481 e. The van der Waals surface area contributed by atoms with Crippen molar-refractivity contribution >= 4 is 5.97 Å². The highest BCUT2D eigenvalue weighted by Gasteiger charge is 2.44. The van der Waals surface area contributed by atoms with Crippen molar-refractivity contribution in [3.05, 3.63) is 35.6 Å². The second-order valence-corrected chi connectivity index (χ2v) is 3.79. The van der Waals surface area contributed by atoms with Crippen molar-refractivity contribution < 1.29 is 14.3 Å². The van der Waals surface area contributed by atoms with Crippen molar-refractivity contribution in [2.45, 2.75) is 11.8 Å². The molecule has 0 radical (unpaired) electrons. The summed E-state index contributed by atoms with van der Waals surface area (Å²) >= 11 is 0. The molecule has 1 aromatic carbocycles. The summed E-state index contributed by atoms with van der Waals surface area (Å²) < 4.78 is 13.6. The van der Waals surface area contributed by atoms with E-state index < -0.39 is 17.2 Å². The molecule has 80 valence electrons. The number of hydrogen-bond donors (Lipinski definition) is 2. The van der Waals surface area contributed by atoms with Crippen molar-refractivity contribution in [2.75, 3.05) is 13.1 Å². The van der Waals surface area contributed by atoms with Gasteiger partial charge in [-0.25, -0.2) is 4.39 Å². The molecule has 0 bridgehead atoms. The Labute approximate surface area is 86.9 Å². The Kier molecular flexibility index (Phi) is 2.44. The molecule has 1 unspecified atom stereocenters. The lowest BCUT2D eigenvalue weighted by Gasteiger charge is -2.23. The third kappa shape index (κ3) is 1.51. The molecule has 1 aromatic rings. The maximum absolute atomic E-state index is 13.6. The molecule has 1 aliphatic rings. The third-order valence-electron chi connectivity index (χ3n) is 2.95. The van der Waals surface area contributed by atoms with Crippen LogP contribution in [0.2, 0.25) is 0 Å². The predicted octanol–water partition coefficient (Wildman–Crippen LogP) is 1.14. The van der Waals surface area contributed by atoms with E-state index in [1.165, 1.54) is 6.07 Å². The zero-order valence-electron chi connectivity index (χ0n) is 8.16. The topological polar surface area (TPSA) is 49.3 Å². The van der Waals surface area contributed by atoms with Crippen molar-refractivity contribution in [2.24, 2.45) is 0 Å². The number of benzene rings is 1. The van der Waals surface area contributed by atoms with Crippen LogP contribution in [0.25, 0.3) is 0 Å². The van der Waals surface area contributed by atoms with Crippen LogP contribution >= 0.6 is 0 Å². The van der Waals surface area contributed by atoms with Crippen LogP contribution in [0.3, 0.4) is 0 Å². The molecule has 3 nitrogen and oxygen atoms in total. The van der Waals surface area contributed by atoms with Gasteiger partial charge in [-0.3, -0.25) is 4.79 Å². The maximum atomic E-state index is 13.6. The van der Waals surface area contributed by atoms with E-state index in [4.69, 9.17) is 0 Å². The van der Waals surface area contributed by atoms with Crippen LogP contribution < -0.4 is 5.32 Å². The number of carbonyl (C=O) groups is 1. The zero-order chi connectivity index (χ0) is 10.9. The molecule has 15 heavy (non-hydrogen) atoms. The first-order chi connectivity index (χ1) is 7.17. The van der Waals surface area contributed by atoms with Gasteiger partial charge in [-0.2, -0.15) is 0 Å². The Hall–Kier alpha value is -1.42. The fourth-order valence-electron chi connectivity index (χ4n) is 2.07. The summed E-state index contributed by atoms with van der Waals surface area (Å²) in [6.45, 7) is 0.907. The SMILES string of the molecule is O=C(O)C1(c2ccccc2F)CCNC1. The summed E-state index contributed by atoms with van der Waals surface area (Å²) in [5, 5.41) is 12.2. The van der Waals surface area contributed by atoms with Gasteiger partial charge in [-0.15, -0.1) is 0 Å². The summed E-state index contributed by atoms with van der Waals surface area (Å²) in [4.78, 5) is 11.3. The summed E-state index contributed by atoms with van der Waals surface area (Å²) in [6, 6.07) is 6.09. The van der Waals surface area contributed by atoms with Crippen LogP contribution in [-0.2, 0) is 10.2 Å². The standard InChI is InChI=1S/C11H12FNO2/c12-9-4-2-1-3-8(9)11(10(14)15)5-6-13-7-11/h1-4,13H,5-7H2,(H,14,15). The molecule has 0 aliphatic carbocycles. The fourth-order valence-corrected chi connectivity index (χ4v) is 2.07. The molecule has 0 spiro atoms. The first-order valence-corrected chi connectivity index (χ1v) is 4.86. The molecule has 0 saturated carbocycles. The molecule has 1 aliphatic heterocycles. The third-order valence-corrected chi connectivity index (χ3v) is 2.95. The van der Waals surface area contributed by atoms with Crippen LogP contribution in [-0.4, -0.2) is 24.2 Å².